The Labute approximate surface area is 162 Å². The maximum absolute atomic E-state index is 11.7. The average Bonchev–Trinajstić information content (AvgIpc) is 2.87. The van der Waals surface area contributed by atoms with E-state index in [0.717, 1.165) is 20.6 Å². The zero-order valence-corrected chi connectivity index (χ0v) is 17.2. The Morgan fingerprint density at radius 2 is 1.96 bits per heavy atom. The fraction of sp³-hybridized carbons (Fsp3) is 0.444. The van der Waals surface area contributed by atoms with Crippen molar-refractivity contribution >= 4 is 28.7 Å². The summed E-state index contributed by atoms with van der Waals surface area (Å²) in [6.07, 6.45) is 2.13. The lowest BCUT2D eigenvalue weighted by Gasteiger charge is -2.19. The molecule has 0 aliphatic carbocycles. The van der Waals surface area contributed by atoms with Gasteiger partial charge >= 0.3 is 6.09 Å². The Balaban J connectivity index is 1.95. The van der Waals surface area contributed by atoms with Gasteiger partial charge in [-0.3, -0.25) is 4.68 Å². The molecule has 2 rings (SSSR count). The van der Waals surface area contributed by atoms with Crippen molar-refractivity contribution in [3.63, 3.8) is 0 Å². The summed E-state index contributed by atoms with van der Waals surface area (Å²) in [7, 11) is 1.65. The number of amides is 1. The van der Waals surface area contributed by atoms with Gasteiger partial charge in [0.15, 0.2) is 0 Å². The van der Waals surface area contributed by atoms with Crippen LogP contribution in [-0.2, 0) is 17.7 Å². The molecule has 0 aliphatic heterocycles. The normalized spacial score (nSPS) is 11.2. The molecule has 0 aliphatic rings. The molecule has 7 heteroatoms. The lowest BCUT2D eigenvalue weighted by Crippen LogP contribution is -2.33. The third kappa shape index (κ3) is 6.22. The van der Waals surface area contributed by atoms with Crippen LogP contribution in [0.15, 0.2) is 30.5 Å². The molecule has 6 nitrogen and oxygen atoms in total. The second kappa shape index (κ2) is 8.55. The Kier molecular flexibility index (Phi) is 6.69. The molecule has 0 saturated heterocycles. The average molecular weight is 457 g/mol. The number of nitrogens with one attached hydrogen (secondary N) is 1. The Morgan fingerprint density at radius 3 is 2.56 bits per heavy atom. The molecule has 1 aromatic carbocycles. The van der Waals surface area contributed by atoms with Crippen LogP contribution in [-0.4, -0.2) is 35.1 Å². The standard InChI is InChI=1S/C18H24IN3O3/c1-18(2,3)25-17(23)20-10-9-16-15(19)11-21-22(16)12-13-5-7-14(24-4)8-6-13/h5-8,11H,9-10,12H2,1-4H3,(H,20,23). The maximum Gasteiger partial charge on any atom is 0.407 e. The van der Waals surface area contributed by atoms with E-state index in [1.165, 1.54) is 0 Å². The van der Waals surface area contributed by atoms with Gasteiger partial charge in [-0.1, -0.05) is 12.1 Å². The van der Waals surface area contributed by atoms with Crippen molar-refractivity contribution in [1.82, 2.24) is 15.1 Å². The number of alkyl carbamates (subject to hydrolysis) is 1. The SMILES string of the molecule is COc1ccc(Cn2ncc(I)c2CCNC(=O)OC(C)(C)C)cc1. The Morgan fingerprint density at radius 1 is 1.28 bits per heavy atom. The van der Waals surface area contributed by atoms with Gasteiger partial charge in [-0.2, -0.15) is 5.10 Å². The number of nitrogens with zero attached hydrogens (tertiary/aromatic N) is 2. The first-order valence-corrected chi connectivity index (χ1v) is 9.16. The van der Waals surface area contributed by atoms with Gasteiger partial charge in [0.2, 0.25) is 0 Å². The van der Waals surface area contributed by atoms with Crippen LogP contribution < -0.4 is 10.1 Å². The van der Waals surface area contributed by atoms with Crippen LogP contribution in [0.5, 0.6) is 5.75 Å². The van der Waals surface area contributed by atoms with Gasteiger partial charge < -0.3 is 14.8 Å². The monoisotopic (exact) mass is 457 g/mol. The van der Waals surface area contributed by atoms with Crippen LogP contribution in [0, 0.1) is 3.57 Å². The zero-order chi connectivity index (χ0) is 18.4. The van der Waals surface area contributed by atoms with Crippen molar-refractivity contribution in [3.05, 3.63) is 45.3 Å². The molecule has 0 atom stereocenters. The van der Waals surface area contributed by atoms with Crippen molar-refractivity contribution < 1.29 is 14.3 Å². The topological polar surface area (TPSA) is 65.4 Å². The summed E-state index contributed by atoms with van der Waals surface area (Å²) in [5.74, 6) is 0.834. The molecule has 0 bridgehead atoms. The van der Waals surface area contributed by atoms with Gasteiger partial charge in [0.1, 0.15) is 11.4 Å². The molecular weight excluding hydrogens is 433 g/mol. The molecule has 1 amide bonds. The van der Waals surface area contributed by atoms with Crippen LogP contribution in [0.2, 0.25) is 0 Å². The van der Waals surface area contributed by atoms with Crippen LogP contribution in [0.3, 0.4) is 0 Å². The summed E-state index contributed by atoms with van der Waals surface area (Å²) in [6, 6.07) is 7.92. The van der Waals surface area contributed by atoms with E-state index in [0.29, 0.717) is 19.5 Å². The molecule has 1 heterocycles. The van der Waals surface area contributed by atoms with Crippen LogP contribution in [0.4, 0.5) is 4.79 Å². The van der Waals surface area contributed by atoms with Gasteiger partial charge in [0.05, 0.1) is 29.1 Å². The van der Waals surface area contributed by atoms with Crippen molar-refractivity contribution in [3.8, 4) is 5.75 Å². The van der Waals surface area contributed by atoms with Gasteiger partial charge in [0, 0.05) is 13.0 Å². The van der Waals surface area contributed by atoms with E-state index >= 15 is 0 Å². The minimum atomic E-state index is -0.491. The molecule has 2 aromatic rings. The van der Waals surface area contributed by atoms with Gasteiger partial charge in [0.25, 0.3) is 0 Å². The van der Waals surface area contributed by atoms with Crippen LogP contribution in [0.25, 0.3) is 0 Å². The van der Waals surface area contributed by atoms with E-state index < -0.39 is 11.7 Å². The summed E-state index contributed by atoms with van der Waals surface area (Å²) < 4.78 is 13.5. The van der Waals surface area contributed by atoms with E-state index in [-0.39, 0.29) is 0 Å². The number of carbonyl (C=O) groups is 1. The van der Waals surface area contributed by atoms with Gasteiger partial charge in [-0.25, -0.2) is 4.79 Å². The summed E-state index contributed by atoms with van der Waals surface area (Å²) in [6.45, 7) is 6.71. The molecule has 0 radical (unpaired) electrons. The highest BCUT2D eigenvalue weighted by Crippen LogP contribution is 2.16. The molecule has 136 valence electrons. The highest BCUT2D eigenvalue weighted by Gasteiger charge is 2.16. The zero-order valence-electron chi connectivity index (χ0n) is 15.0. The molecule has 0 saturated carbocycles. The van der Waals surface area contributed by atoms with Gasteiger partial charge in [-0.15, -0.1) is 0 Å². The summed E-state index contributed by atoms with van der Waals surface area (Å²) in [5.41, 5.74) is 1.74. The van der Waals surface area contributed by atoms with E-state index in [4.69, 9.17) is 9.47 Å². The molecule has 0 spiro atoms. The molecule has 25 heavy (non-hydrogen) atoms. The molecule has 1 aromatic heterocycles. The van der Waals surface area contributed by atoms with Gasteiger partial charge in [-0.05, 0) is 61.1 Å². The molecule has 0 unspecified atom stereocenters. The number of carbonyl (C=O) groups excluding carboxylic acids is 1. The molecule has 1 N–H and O–H groups in total. The minimum Gasteiger partial charge on any atom is -0.497 e. The Hall–Kier alpha value is -1.77. The number of aromatic nitrogens is 2. The van der Waals surface area contributed by atoms with Crippen molar-refractivity contribution in [2.24, 2.45) is 0 Å². The summed E-state index contributed by atoms with van der Waals surface area (Å²) in [5, 5.41) is 7.23. The maximum atomic E-state index is 11.7. The molecule has 0 fully saturated rings. The number of hydrogen-bond acceptors (Lipinski definition) is 4. The lowest BCUT2D eigenvalue weighted by molar-refractivity contribution is 0.0528. The van der Waals surface area contributed by atoms with E-state index in [1.807, 2.05) is 55.9 Å². The van der Waals surface area contributed by atoms with E-state index in [1.54, 1.807) is 7.11 Å². The minimum absolute atomic E-state index is 0.399. The lowest BCUT2D eigenvalue weighted by atomic mass is 10.2. The Bertz CT molecular complexity index is 705. The highest BCUT2D eigenvalue weighted by atomic mass is 127. The number of benzene rings is 1. The summed E-state index contributed by atoms with van der Waals surface area (Å²) in [4.78, 5) is 11.7. The predicted molar refractivity (Wildman–Crippen MR) is 105 cm³/mol. The van der Waals surface area contributed by atoms with E-state index in [2.05, 4.69) is 33.0 Å². The first-order chi connectivity index (χ1) is 11.8. The van der Waals surface area contributed by atoms with Crippen molar-refractivity contribution in [2.75, 3.05) is 13.7 Å². The second-order valence-corrected chi connectivity index (χ2v) is 7.79. The fourth-order valence-electron chi connectivity index (χ4n) is 2.27. The van der Waals surface area contributed by atoms with E-state index in [9.17, 15) is 4.79 Å². The fourth-order valence-corrected chi connectivity index (χ4v) is 2.95. The smallest absolute Gasteiger partial charge is 0.407 e. The summed E-state index contributed by atoms with van der Waals surface area (Å²) >= 11 is 2.27. The van der Waals surface area contributed by atoms with Crippen molar-refractivity contribution in [2.45, 2.75) is 39.3 Å². The first-order valence-electron chi connectivity index (χ1n) is 8.08. The second-order valence-electron chi connectivity index (χ2n) is 6.62. The highest BCUT2D eigenvalue weighted by molar-refractivity contribution is 14.1. The van der Waals surface area contributed by atoms with Crippen molar-refractivity contribution in [1.29, 1.82) is 0 Å². The number of halogens is 1. The first kappa shape index (κ1) is 19.6. The quantitative estimate of drug-likeness (QED) is 0.674. The van der Waals surface area contributed by atoms with Crippen LogP contribution >= 0.6 is 22.6 Å². The third-order valence-electron chi connectivity index (χ3n) is 3.42. The number of methoxy groups -OCH3 is 1. The number of hydrogen-bond donors (Lipinski definition) is 1. The molecular formula is C18H24IN3O3. The number of ether oxygens (including phenoxy) is 2. The largest absolute Gasteiger partial charge is 0.497 e. The van der Waals surface area contributed by atoms with Crippen LogP contribution in [0.1, 0.15) is 32.0 Å². The predicted octanol–water partition coefficient (Wildman–Crippen LogP) is 3.61. The third-order valence-corrected chi connectivity index (χ3v) is 4.32. The number of rotatable bonds is 6.